The number of anilines is 1. The van der Waals surface area contributed by atoms with Crippen molar-refractivity contribution >= 4 is 11.6 Å². The standard InChI is InChI=1S/C25H39FN4O2/c1-3-27-24(29-22-16-23(32-4-2)25(22)11-5-6-12-25)28-17-18-7-8-21(20(26)15-18)30-13-9-19(31)10-14-30/h7-8,15,19,22-23,31H,3-6,9-14,16-17H2,1-2H3,(H2,27,28,29). The van der Waals surface area contributed by atoms with Gasteiger partial charge in [-0.25, -0.2) is 9.38 Å². The number of hydrogen-bond acceptors (Lipinski definition) is 4. The van der Waals surface area contributed by atoms with Crippen LogP contribution in [0.5, 0.6) is 0 Å². The van der Waals surface area contributed by atoms with Gasteiger partial charge in [-0.05, 0) is 63.6 Å². The molecule has 7 heteroatoms. The van der Waals surface area contributed by atoms with E-state index < -0.39 is 0 Å². The molecule has 32 heavy (non-hydrogen) atoms. The van der Waals surface area contributed by atoms with Crippen molar-refractivity contribution in [2.45, 2.75) is 83.6 Å². The Bertz CT molecular complexity index is 788. The van der Waals surface area contributed by atoms with E-state index in [1.807, 2.05) is 17.0 Å². The lowest BCUT2D eigenvalue weighted by Gasteiger charge is -2.54. The number of halogens is 1. The van der Waals surface area contributed by atoms with Gasteiger partial charge in [-0.1, -0.05) is 18.9 Å². The zero-order chi connectivity index (χ0) is 22.6. The average molecular weight is 447 g/mol. The zero-order valence-corrected chi connectivity index (χ0v) is 19.6. The largest absolute Gasteiger partial charge is 0.393 e. The highest BCUT2D eigenvalue weighted by Gasteiger charge is 2.56. The summed E-state index contributed by atoms with van der Waals surface area (Å²) in [7, 11) is 0. The normalized spacial score (nSPS) is 25.8. The van der Waals surface area contributed by atoms with Crippen molar-refractivity contribution < 1.29 is 14.2 Å². The van der Waals surface area contributed by atoms with E-state index in [1.54, 1.807) is 6.07 Å². The highest BCUT2D eigenvalue weighted by atomic mass is 19.1. The first kappa shape index (κ1) is 23.3. The molecular formula is C25H39FN4O2. The molecule has 4 rings (SSSR count). The van der Waals surface area contributed by atoms with Crippen molar-refractivity contribution in [3.8, 4) is 0 Å². The average Bonchev–Trinajstić information content (AvgIpc) is 3.31. The minimum absolute atomic E-state index is 0.212. The predicted octanol–water partition coefficient (Wildman–Crippen LogP) is 3.58. The Morgan fingerprint density at radius 3 is 2.66 bits per heavy atom. The van der Waals surface area contributed by atoms with E-state index in [-0.39, 0.29) is 17.3 Å². The number of ether oxygens (including phenoxy) is 1. The summed E-state index contributed by atoms with van der Waals surface area (Å²) in [5, 5.41) is 16.7. The van der Waals surface area contributed by atoms with Gasteiger partial charge in [0.1, 0.15) is 5.82 Å². The Morgan fingerprint density at radius 1 is 1.25 bits per heavy atom. The lowest BCUT2D eigenvalue weighted by Crippen LogP contribution is -2.65. The van der Waals surface area contributed by atoms with E-state index in [4.69, 9.17) is 9.73 Å². The van der Waals surface area contributed by atoms with Crippen LogP contribution in [-0.2, 0) is 11.3 Å². The maximum atomic E-state index is 14.8. The second-order valence-electron chi connectivity index (χ2n) is 9.52. The summed E-state index contributed by atoms with van der Waals surface area (Å²) < 4.78 is 20.8. The van der Waals surface area contributed by atoms with E-state index >= 15 is 0 Å². The molecule has 1 aromatic carbocycles. The van der Waals surface area contributed by atoms with Gasteiger partial charge in [-0.2, -0.15) is 0 Å². The van der Waals surface area contributed by atoms with Crippen LogP contribution in [-0.4, -0.2) is 55.6 Å². The van der Waals surface area contributed by atoms with Crippen molar-refractivity contribution in [1.29, 1.82) is 0 Å². The molecular weight excluding hydrogens is 407 g/mol. The van der Waals surface area contributed by atoms with Gasteiger partial charge in [-0.3, -0.25) is 0 Å². The fraction of sp³-hybridized carbons (Fsp3) is 0.720. The van der Waals surface area contributed by atoms with Crippen molar-refractivity contribution in [2.75, 3.05) is 31.1 Å². The predicted molar refractivity (Wildman–Crippen MR) is 127 cm³/mol. The van der Waals surface area contributed by atoms with Crippen LogP contribution in [0.25, 0.3) is 0 Å². The summed E-state index contributed by atoms with van der Waals surface area (Å²) in [6.07, 6.45) is 7.48. The summed E-state index contributed by atoms with van der Waals surface area (Å²) in [5.41, 5.74) is 1.72. The molecule has 178 valence electrons. The van der Waals surface area contributed by atoms with Crippen LogP contribution in [0.15, 0.2) is 23.2 Å². The first-order valence-corrected chi connectivity index (χ1v) is 12.4. The van der Waals surface area contributed by atoms with Gasteiger partial charge in [0.05, 0.1) is 24.4 Å². The maximum Gasteiger partial charge on any atom is 0.191 e. The first-order chi connectivity index (χ1) is 15.6. The van der Waals surface area contributed by atoms with Gasteiger partial charge in [0.2, 0.25) is 0 Å². The lowest BCUT2D eigenvalue weighted by atomic mass is 9.60. The van der Waals surface area contributed by atoms with Crippen LogP contribution >= 0.6 is 0 Å². The molecule has 0 radical (unpaired) electrons. The molecule has 2 aliphatic carbocycles. The number of aliphatic hydroxyl groups excluding tert-OH is 1. The molecule has 2 unspecified atom stereocenters. The number of piperidine rings is 1. The maximum absolute atomic E-state index is 14.8. The van der Waals surface area contributed by atoms with Crippen LogP contribution < -0.4 is 15.5 Å². The molecule has 1 spiro atoms. The van der Waals surface area contributed by atoms with Gasteiger partial charge in [0, 0.05) is 37.7 Å². The molecule has 1 saturated heterocycles. The zero-order valence-electron chi connectivity index (χ0n) is 19.6. The van der Waals surface area contributed by atoms with E-state index in [2.05, 4.69) is 24.5 Å². The minimum Gasteiger partial charge on any atom is -0.393 e. The molecule has 2 saturated carbocycles. The molecule has 0 bridgehead atoms. The summed E-state index contributed by atoms with van der Waals surface area (Å²) in [4.78, 5) is 6.79. The summed E-state index contributed by atoms with van der Waals surface area (Å²) >= 11 is 0. The summed E-state index contributed by atoms with van der Waals surface area (Å²) in [6.45, 7) is 7.51. The topological polar surface area (TPSA) is 69.1 Å². The highest BCUT2D eigenvalue weighted by Crippen LogP contribution is 2.54. The van der Waals surface area contributed by atoms with Crippen LogP contribution in [0.3, 0.4) is 0 Å². The number of guanidine groups is 1. The number of rotatable bonds is 7. The van der Waals surface area contributed by atoms with Gasteiger partial charge in [0.15, 0.2) is 5.96 Å². The molecule has 1 aliphatic heterocycles. The molecule has 1 aromatic rings. The fourth-order valence-electron chi connectivity index (χ4n) is 5.76. The smallest absolute Gasteiger partial charge is 0.191 e. The molecule has 3 aliphatic rings. The van der Waals surface area contributed by atoms with Crippen molar-refractivity contribution in [3.05, 3.63) is 29.6 Å². The highest BCUT2D eigenvalue weighted by molar-refractivity contribution is 5.80. The van der Waals surface area contributed by atoms with Gasteiger partial charge < -0.3 is 25.4 Å². The molecule has 6 nitrogen and oxygen atoms in total. The number of hydrogen-bond donors (Lipinski definition) is 3. The summed E-state index contributed by atoms with van der Waals surface area (Å²) in [5.74, 6) is 0.587. The third-order valence-electron chi connectivity index (χ3n) is 7.58. The van der Waals surface area contributed by atoms with Crippen molar-refractivity contribution in [2.24, 2.45) is 10.4 Å². The third-order valence-corrected chi connectivity index (χ3v) is 7.58. The van der Waals surface area contributed by atoms with E-state index in [1.165, 1.54) is 25.7 Å². The Labute approximate surface area is 191 Å². The Morgan fingerprint density at radius 2 is 2.00 bits per heavy atom. The van der Waals surface area contributed by atoms with Gasteiger partial charge in [0.25, 0.3) is 0 Å². The number of benzene rings is 1. The van der Waals surface area contributed by atoms with E-state index in [0.717, 1.165) is 31.1 Å². The van der Waals surface area contributed by atoms with E-state index in [0.29, 0.717) is 50.3 Å². The number of aliphatic hydroxyl groups is 1. The lowest BCUT2D eigenvalue weighted by molar-refractivity contribution is -0.125. The van der Waals surface area contributed by atoms with Crippen LogP contribution in [0, 0.1) is 11.2 Å². The Balaban J connectivity index is 1.40. The van der Waals surface area contributed by atoms with Crippen molar-refractivity contribution in [3.63, 3.8) is 0 Å². The monoisotopic (exact) mass is 446 g/mol. The Hall–Kier alpha value is -1.86. The molecule has 0 amide bonds. The first-order valence-electron chi connectivity index (χ1n) is 12.4. The SMILES string of the molecule is CCNC(=NCc1ccc(N2CCC(O)CC2)c(F)c1)NC1CC(OCC)C12CCCC2. The molecule has 1 heterocycles. The van der Waals surface area contributed by atoms with Crippen LogP contribution in [0.1, 0.15) is 64.4 Å². The quantitative estimate of drug-likeness (QED) is 0.441. The number of aliphatic imine (C=N–C) groups is 1. The van der Waals surface area contributed by atoms with Crippen LogP contribution in [0.4, 0.5) is 10.1 Å². The second kappa shape index (κ2) is 10.4. The summed E-state index contributed by atoms with van der Waals surface area (Å²) in [6, 6.07) is 5.79. The van der Waals surface area contributed by atoms with Gasteiger partial charge >= 0.3 is 0 Å². The second-order valence-corrected chi connectivity index (χ2v) is 9.52. The Kier molecular flexibility index (Phi) is 7.56. The number of nitrogens with zero attached hydrogens (tertiary/aromatic N) is 2. The van der Waals surface area contributed by atoms with Crippen molar-refractivity contribution in [1.82, 2.24) is 10.6 Å². The van der Waals surface area contributed by atoms with E-state index in [9.17, 15) is 9.50 Å². The third kappa shape index (κ3) is 4.88. The fourth-order valence-corrected chi connectivity index (χ4v) is 5.76. The molecule has 2 atom stereocenters. The molecule has 3 N–H and O–H groups in total. The van der Waals surface area contributed by atoms with Gasteiger partial charge in [-0.15, -0.1) is 0 Å². The number of nitrogens with one attached hydrogen (secondary N) is 2. The van der Waals surface area contributed by atoms with Crippen LogP contribution in [0.2, 0.25) is 0 Å². The molecule has 3 fully saturated rings. The minimum atomic E-state index is -0.261. The molecule has 0 aromatic heterocycles.